The number of unbranched alkanes of at least 4 members (excludes halogenated alkanes) is 3. The second-order valence-electron chi connectivity index (χ2n) is 4.34. The molecule has 0 N–H and O–H groups in total. The Morgan fingerprint density at radius 1 is 1.18 bits per heavy atom. The fourth-order valence-electron chi connectivity index (χ4n) is 1.38. The molecule has 0 aromatic carbocycles. The highest BCUT2D eigenvalue weighted by Gasteiger charge is 2.14. The molecule has 0 aliphatic rings. The Balaban J connectivity index is 3.95. The third-order valence-corrected chi connectivity index (χ3v) is 2.39. The smallest absolute Gasteiger partial charge is 0.335 e. The van der Waals surface area contributed by atoms with Crippen molar-refractivity contribution in [3.63, 3.8) is 0 Å². The van der Waals surface area contributed by atoms with Crippen LogP contribution >= 0.6 is 0 Å². The van der Waals surface area contributed by atoms with Crippen LogP contribution < -0.4 is 0 Å². The van der Waals surface area contributed by atoms with Crippen molar-refractivity contribution in [3.8, 4) is 0 Å². The second-order valence-corrected chi connectivity index (χ2v) is 4.34. The lowest BCUT2D eigenvalue weighted by atomic mass is 10.1. The molecule has 0 saturated carbocycles. The Morgan fingerprint density at radius 3 is 2.41 bits per heavy atom. The fourth-order valence-corrected chi connectivity index (χ4v) is 1.38. The van der Waals surface area contributed by atoms with Gasteiger partial charge in [-0.1, -0.05) is 39.7 Å². The van der Waals surface area contributed by atoms with E-state index in [2.05, 4.69) is 13.5 Å². The Morgan fingerprint density at radius 2 is 1.88 bits per heavy atom. The molecule has 0 spiro atoms. The van der Waals surface area contributed by atoms with Gasteiger partial charge < -0.3 is 9.47 Å². The number of carbonyl (C=O) groups is 1. The summed E-state index contributed by atoms with van der Waals surface area (Å²) in [6.45, 7) is 10.1. The van der Waals surface area contributed by atoms with Crippen molar-refractivity contribution in [2.45, 2.75) is 65.6 Å². The Kier molecular flexibility index (Phi) is 9.83. The van der Waals surface area contributed by atoms with E-state index in [1.807, 2.05) is 6.92 Å². The van der Waals surface area contributed by atoms with Gasteiger partial charge in [-0.15, -0.1) is 0 Å². The maximum absolute atomic E-state index is 11.4. The highest BCUT2D eigenvalue weighted by atomic mass is 16.7. The van der Waals surface area contributed by atoms with Crippen LogP contribution in [0.15, 0.2) is 12.2 Å². The van der Waals surface area contributed by atoms with Crippen LogP contribution in [-0.2, 0) is 14.3 Å². The van der Waals surface area contributed by atoms with Crippen molar-refractivity contribution >= 4 is 5.97 Å². The van der Waals surface area contributed by atoms with Crippen LogP contribution in [0.3, 0.4) is 0 Å². The van der Waals surface area contributed by atoms with Gasteiger partial charge in [-0.3, -0.25) is 0 Å². The van der Waals surface area contributed by atoms with Gasteiger partial charge >= 0.3 is 5.97 Å². The molecule has 3 nitrogen and oxygen atoms in total. The van der Waals surface area contributed by atoms with Gasteiger partial charge in [0.25, 0.3) is 0 Å². The first-order chi connectivity index (χ1) is 8.11. The SMILES string of the molecule is C=C(C)C(=O)OC(CCCCCC)OCCC. The van der Waals surface area contributed by atoms with Crippen molar-refractivity contribution in [1.29, 1.82) is 0 Å². The fraction of sp³-hybridized carbons (Fsp3) is 0.786. The van der Waals surface area contributed by atoms with Gasteiger partial charge in [0.05, 0.1) is 6.61 Å². The van der Waals surface area contributed by atoms with Crippen LogP contribution in [0.2, 0.25) is 0 Å². The standard InChI is InChI=1S/C14H26O3/c1-5-7-8-9-10-13(16-11-6-2)17-14(15)12(3)4/h13H,3,5-11H2,1-2,4H3. The highest BCUT2D eigenvalue weighted by Crippen LogP contribution is 2.11. The lowest BCUT2D eigenvalue weighted by Gasteiger charge is -2.18. The van der Waals surface area contributed by atoms with Gasteiger partial charge in [0.1, 0.15) is 0 Å². The van der Waals surface area contributed by atoms with Crippen LogP contribution in [0, 0.1) is 0 Å². The molecule has 1 atom stereocenters. The van der Waals surface area contributed by atoms with E-state index in [1.165, 1.54) is 12.8 Å². The zero-order valence-electron chi connectivity index (χ0n) is 11.5. The maximum Gasteiger partial charge on any atom is 0.335 e. The molecule has 0 aliphatic heterocycles. The molecule has 0 aromatic heterocycles. The summed E-state index contributed by atoms with van der Waals surface area (Å²) in [4.78, 5) is 11.4. The third kappa shape index (κ3) is 8.93. The summed E-state index contributed by atoms with van der Waals surface area (Å²) in [7, 11) is 0. The van der Waals surface area contributed by atoms with Gasteiger partial charge in [-0.2, -0.15) is 0 Å². The minimum atomic E-state index is -0.406. The van der Waals surface area contributed by atoms with Crippen molar-refractivity contribution in [3.05, 3.63) is 12.2 Å². The lowest BCUT2D eigenvalue weighted by molar-refractivity contribution is -0.175. The Labute approximate surface area is 105 Å². The number of hydrogen-bond acceptors (Lipinski definition) is 3. The van der Waals surface area contributed by atoms with Gasteiger partial charge in [-0.25, -0.2) is 4.79 Å². The third-order valence-electron chi connectivity index (χ3n) is 2.39. The molecular formula is C14H26O3. The molecule has 0 saturated heterocycles. The van der Waals surface area contributed by atoms with Crippen molar-refractivity contribution < 1.29 is 14.3 Å². The first kappa shape index (κ1) is 16.2. The maximum atomic E-state index is 11.4. The summed E-state index contributed by atoms with van der Waals surface area (Å²) < 4.78 is 10.7. The molecule has 17 heavy (non-hydrogen) atoms. The van der Waals surface area contributed by atoms with E-state index in [0.29, 0.717) is 12.2 Å². The van der Waals surface area contributed by atoms with Gasteiger partial charge in [-0.05, 0) is 19.8 Å². The summed E-state index contributed by atoms with van der Waals surface area (Å²) in [6.07, 6.45) is 5.91. The number of rotatable bonds is 10. The van der Waals surface area contributed by atoms with E-state index in [1.54, 1.807) is 6.92 Å². The zero-order chi connectivity index (χ0) is 13.1. The number of carbonyl (C=O) groups excluding carboxylic acids is 1. The second kappa shape index (κ2) is 10.3. The monoisotopic (exact) mass is 242 g/mol. The predicted molar refractivity (Wildman–Crippen MR) is 69.7 cm³/mol. The van der Waals surface area contributed by atoms with E-state index in [0.717, 1.165) is 25.7 Å². The molecular weight excluding hydrogens is 216 g/mol. The largest absolute Gasteiger partial charge is 0.432 e. The minimum Gasteiger partial charge on any atom is -0.432 e. The first-order valence-corrected chi connectivity index (χ1v) is 6.59. The molecule has 0 aliphatic carbocycles. The normalized spacial score (nSPS) is 12.2. The zero-order valence-corrected chi connectivity index (χ0v) is 11.5. The molecule has 1 unspecified atom stereocenters. The molecule has 0 bridgehead atoms. The molecule has 0 fully saturated rings. The van der Waals surface area contributed by atoms with Crippen LogP contribution in [-0.4, -0.2) is 18.9 Å². The van der Waals surface area contributed by atoms with Crippen LogP contribution in [0.4, 0.5) is 0 Å². The lowest BCUT2D eigenvalue weighted by Crippen LogP contribution is -2.22. The highest BCUT2D eigenvalue weighted by molar-refractivity contribution is 5.86. The van der Waals surface area contributed by atoms with Crippen molar-refractivity contribution in [1.82, 2.24) is 0 Å². The number of ether oxygens (including phenoxy) is 2. The minimum absolute atomic E-state index is 0.360. The summed E-state index contributed by atoms with van der Waals surface area (Å²) >= 11 is 0. The van der Waals surface area contributed by atoms with Crippen LogP contribution in [0.1, 0.15) is 59.3 Å². The van der Waals surface area contributed by atoms with Gasteiger partial charge in [0, 0.05) is 12.0 Å². The molecule has 0 aromatic rings. The van der Waals surface area contributed by atoms with Gasteiger partial charge in [0.15, 0.2) is 0 Å². The van der Waals surface area contributed by atoms with E-state index >= 15 is 0 Å². The number of esters is 1. The first-order valence-electron chi connectivity index (χ1n) is 6.59. The van der Waals surface area contributed by atoms with E-state index in [-0.39, 0.29) is 5.97 Å². The van der Waals surface area contributed by atoms with E-state index in [9.17, 15) is 4.79 Å². The van der Waals surface area contributed by atoms with E-state index in [4.69, 9.17) is 9.47 Å². The quantitative estimate of drug-likeness (QED) is 0.253. The molecule has 0 amide bonds. The molecule has 0 heterocycles. The molecule has 0 rings (SSSR count). The Bertz CT molecular complexity index is 224. The summed E-state index contributed by atoms with van der Waals surface area (Å²) in [5.74, 6) is -0.360. The van der Waals surface area contributed by atoms with Gasteiger partial charge in [0.2, 0.25) is 6.29 Å². The summed E-state index contributed by atoms with van der Waals surface area (Å²) in [5, 5.41) is 0. The molecule has 100 valence electrons. The summed E-state index contributed by atoms with van der Waals surface area (Å²) in [6, 6.07) is 0. The topological polar surface area (TPSA) is 35.5 Å². The predicted octanol–water partition coefficient (Wildman–Crippen LogP) is 3.83. The van der Waals surface area contributed by atoms with Crippen LogP contribution in [0.25, 0.3) is 0 Å². The van der Waals surface area contributed by atoms with Crippen molar-refractivity contribution in [2.75, 3.05) is 6.61 Å². The van der Waals surface area contributed by atoms with Crippen LogP contribution in [0.5, 0.6) is 0 Å². The average molecular weight is 242 g/mol. The molecule has 3 heteroatoms. The molecule has 0 radical (unpaired) electrons. The Hall–Kier alpha value is -0.830. The van der Waals surface area contributed by atoms with E-state index < -0.39 is 6.29 Å². The number of hydrogen-bond donors (Lipinski definition) is 0. The van der Waals surface area contributed by atoms with Crippen molar-refractivity contribution in [2.24, 2.45) is 0 Å². The average Bonchev–Trinajstić information content (AvgIpc) is 2.30. The summed E-state index contributed by atoms with van der Waals surface area (Å²) in [5.41, 5.74) is 0.420.